The van der Waals surface area contributed by atoms with Crippen molar-refractivity contribution < 1.29 is 28.9 Å². The lowest BCUT2D eigenvalue weighted by Gasteiger charge is -2.33. The van der Waals surface area contributed by atoms with Crippen LogP contribution < -0.4 is 26.3 Å². The number of benzene rings is 1. The summed E-state index contributed by atoms with van der Waals surface area (Å²) in [5.74, 6) is 0.151. The molecule has 0 unspecified atom stereocenters. The number of primary amides is 1. The van der Waals surface area contributed by atoms with Crippen molar-refractivity contribution in [1.29, 1.82) is 0 Å². The quantitative estimate of drug-likeness (QED) is 0.191. The molecule has 1 rings (SSSR count). The molecule has 224 valence electrons. The zero-order valence-electron chi connectivity index (χ0n) is 25.2. The van der Waals surface area contributed by atoms with E-state index in [1.54, 1.807) is 28.1 Å². The molecule has 1 aromatic rings. The molecule has 1 aromatic carbocycles. The molecule has 0 aliphatic rings. The average Bonchev–Trinajstić information content (AvgIpc) is 2.87. The van der Waals surface area contributed by atoms with Gasteiger partial charge < -0.3 is 36.1 Å². The summed E-state index contributed by atoms with van der Waals surface area (Å²) in [6.45, 7) is 13.7. The van der Waals surface area contributed by atoms with Crippen LogP contribution in [0, 0.1) is 17.3 Å². The maximum Gasteiger partial charge on any atom is 0.224 e. The predicted molar refractivity (Wildman–Crippen MR) is 153 cm³/mol. The highest BCUT2D eigenvalue weighted by Gasteiger charge is 2.31. The van der Waals surface area contributed by atoms with Gasteiger partial charge in [0.2, 0.25) is 11.8 Å². The number of aliphatic hydroxyl groups is 1. The number of aliphatic hydroxyl groups excluding tert-OH is 1. The number of hydrogen-bond donors (Lipinski definition) is 4. The van der Waals surface area contributed by atoms with Crippen LogP contribution in [0.25, 0.3) is 0 Å². The highest BCUT2D eigenvalue weighted by molar-refractivity contribution is 5.83. The van der Waals surface area contributed by atoms with Gasteiger partial charge in [-0.2, -0.15) is 0 Å². The van der Waals surface area contributed by atoms with Crippen LogP contribution in [0.4, 0.5) is 0 Å². The molecule has 6 N–H and O–H groups in total. The Hall–Kier alpha value is -2.40. The number of nitrogens with zero attached hydrogens (tertiary/aromatic N) is 1. The summed E-state index contributed by atoms with van der Waals surface area (Å²) in [6.07, 6.45) is 0.104. The van der Waals surface area contributed by atoms with Crippen molar-refractivity contribution in [2.45, 2.75) is 79.1 Å². The molecule has 0 bridgehead atoms. The van der Waals surface area contributed by atoms with Crippen LogP contribution in [0.5, 0.6) is 11.5 Å². The lowest BCUT2D eigenvalue weighted by atomic mass is 9.86. The molecule has 0 fully saturated rings. The summed E-state index contributed by atoms with van der Waals surface area (Å²) in [5.41, 5.74) is 12.1. The molecule has 0 aliphatic heterocycles. The topological polar surface area (TPSA) is 149 Å². The van der Waals surface area contributed by atoms with Crippen LogP contribution in [0.1, 0.15) is 59.9 Å². The highest BCUT2D eigenvalue weighted by atomic mass is 16.5. The summed E-state index contributed by atoms with van der Waals surface area (Å²) in [7, 11) is 3.27. The smallest absolute Gasteiger partial charge is 0.224 e. The minimum atomic E-state index is -0.885. The number of amides is 2. The maximum absolute atomic E-state index is 12.9. The molecule has 0 aromatic heterocycles. The summed E-state index contributed by atoms with van der Waals surface area (Å²) in [6, 6.07) is 5.45. The number of hydrogen-bond acceptors (Lipinski definition) is 8. The zero-order valence-corrected chi connectivity index (χ0v) is 25.2. The summed E-state index contributed by atoms with van der Waals surface area (Å²) < 4.78 is 16.5. The zero-order chi connectivity index (χ0) is 29.8. The van der Waals surface area contributed by atoms with Crippen molar-refractivity contribution in [3.8, 4) is 11.5 Å². The molecule has 2 amide bonds. The van der Waals surface area contributed by atoms with E-state index in [0.717, 1.165) is 12.0 Å². The first-order valence-corrected chi connectivity index (χ1v) is 13.8. The van der Waals surface area contributed by atoms with Gasteiger partial charge in [0.1, 0.15) is 0 Å². The number of ether oxygens (including phenoxy) is 3. The molecule has 3 atom stereocenters. The van der Waals surface area contributed by atoms with Gasteiger partial charge >= 0.3 is 0 Å². The Bertz CT molecular complexity index is 893. The molecule has 39 heavy (non-hydrogen) atoms. The van der Waals surface area contributed by atoms with E-state index < -0.39 is 29.4 Å². The third kappa shape index (κ3) is 11.7. The fourth-order valence-corrected chi connectivity index (χ4v) is 4.05. The van der Waals surface area contributed by atoms with Crippen LogP contribution in [0.15, 0.2) is 18.2 Å². The van der Waals surface area contributed by atoms with E-state index in [4.69, 9.17) is 25.7 Å². The van der Waals surface area contributed by atoms with Gasteiger partial charge in [0.25, 0.3) is 0 Å². The van der Waals surface area contributed by atoms with E-state index in [1.165, 1.54) is 0 Å². The maximum atomic E-state index is 12.9. The van der Waals surface area contributed by atoms with Crippen LogP contribution in [-0.2, 0) is 20.9 Å². The molecule has 10 heteroatoms. The fourth-order valence-electron chi connectivity index (χ4n) is 4.05. The Kier molecular flexibility index (Phi) is 14.8. The number of rotatable bonds is 19. The lowest BCUT2D eigenvalue weighted by Crippen LogP contribution is -2.49. The first-order chi connectivity index (χ1) is 18.2. The fraction of sp³-hybridized carbons (Fsp3) is 0.724. The number of carbonyl (C=O) groups excluding carboxylic acids is 2. The third-order valence-electron chi connectivity index (χ3n) is 7.04. The van der Waals surface area contributed by atoms with Crippen molar-refractivity contribution in [2.75, 3.05) is 40.5 Å². The minimum Gasteiger partial charge on any atom is -0.493 e. The second-order valence-corrected chi connectivity index (χ2v) is 11.5. The van der Waals surface area contributed by atoms with Crippen molar-refractivity contribution in [2.24, 2.45) is 28.7 Å². The van der Waals surface area contributed by atoms with Crippen molar-refractivity contribution in [3.63, 3.8) is 0 Å². The Morgan fingerprint density at radius 1 is 1.10 bits per heavy atom. The van der Waals surface area contributed by atoms with Gasteiger partial charge in [0.05, 0.1) is 25.2 Å². The Morgan fingerprint density at radius 3 is 2.31 bits per heavy atom. The number of carbonyl (C=O) groups is 2. The predicted octanol–water partition coefficient (Wildman–Crippen LogP) is 2.30. The number of nitrogens with one attached hydrogen (secondary N) is 1. The van der Waals surface area contributed by atoms with Crippen LogP contribution in [0.3, 0.4) is 0 Å². The Balaban J connectivity index is 2.87. The molecular weight excluding hydrogens is 500 g/mol. The van der Waals surface area contributed by atoms with Gasteiger partial charge in [-0.3, -0.25) is 14.5 Å². The highest BCUT2D eigenvalue weighted by Crippen LogP contribution is 2.29. The van der Waals surface area contributed by atoms with E-state index in [1.807, 2.05) is 32.0 Å². The van der Waals surface area contributed by atoms with Crippen LogP contribution in [0.2, 0.25) is 0 Å². The standard InChI is InChI=1S/C29H52N4O6/c1-19(2)22(27(35)32-18-29(5,6)28(31)36)15-24(34)23(30)17-33(20(3)4)16-21-10-11-25(38-8)26(14-21)39-13-9-12-37-7/h10-11,14,19-20,22-24,34H,9,12-13,15-18,30H2,1-8H3,(H2,31,36)(H,32,35)/t22-,23-,24-/m0/s1. The molecule has 0 radical (unpaired) electrons. The first kappa shape index (κ1) is 34.6. The number of nitrogens with two attached hydrogens (primary N) is 2. The normalized spacial score (nSPS) is 14.4. The minimum absolute atomic E-state index is 0.0219. The van der Waals surface area contributed by atoms with Crippen LogP contribution >= 0.6 is 0 Å². The Morgan fingerprint density at radius 2 is 1.77 bits per heavy atom. The van der Waals surface area contributed by atoms with Crippen molar-refractivity contribution >= 4 is 11.8 Å². The molecule has 0 saturated heterocycles. The second kappa shape index (κ2) is 16.6. The third-order valence-corrected chi connectivity index (χ3v) is 7.04. The SMILES string of the molecule is COCCCOc1cc(CN(C[C@H](N)[C@@H](O)C[C@H](C(=O)NCC(C)(C)C(N)=O)C(C)C)C(C)C)ccc1OC. The van der Waals surface area contributed by atoms with Gasteiger partial charge in [-0.15, -0.1) is 0 Å². The van der Waals surface area contributed by atoms with E-state index in [-0.39, 0.29) is 30.8 Å². The Labute approximate surface area is 234 Å². The molecule has 0 saturated carbocycles. The lowest BCUT2D eigenvalue weighted by molar-refractivity contribution is -0.130. The average molecular weight is 553 g/mol. The van der Waals surface area contributed by atoms with Gasteiger partial charge in [-0.05, 0) is 57.7 Å². The molecule has 0 aliphatic carbocycles. The summed E-state index contributed by atoms with van der Waals surface area (Å²) in [5, 5.41) is 13.8. The van der Waals surface area contributed by atoms with E-state index in [0.29, 0.717) is 37.8 Å². The van der Waals surface area contributed by atoms with Crippen molar-refractivity contribution in [3.05, 3.63) is 23.8 Å². The second-order valence-electron chi connectivity index (χ2n) is 11.5. The van der Waals surface area contributed by atoms with Gasteiger partial charge in [0.15, 0.2) is 11.5 Å². The monoisotopic (exact) mass is 552 g/mol. The molecule has 0 heterocycles. The van der Waals surface area contributed by atoms with Crippen LogP contribution in [-0.4, -0.2) is 80.5 Å². The first-order valence-electron chi connectivity index (χ1n) is 13.8. The van der Waals surface area contributed by atoms with Crippen molar-refractivity contribution in [1.82, 2.24) is 10.2 Å². The van der Waals surface area contributed by atoms with E-state index in [2.05, 4.69) is 24.1 Å². The van der Waals surface area contributed by atoms with Gasteiger partial charge in [-0.25, -0.2) is 0 Å². The molecule has 0 spiro atoms. The van der Waals surface area contributed by atoms with Gasteiger partial charge in [0, 0.05) is 57.8 Å². The molecule has 10 nitrogen and oxygen atoms in total. The van der Waals surface area contributed by atoms with E-state index >= 15 is 0 Å². The molecular formula is C29H52N4O6. The number of methoxy groups -OCH3 is 2. The summed E-state index contributed by atoms with van der Waals surface area (Å²) in [4.78, 5) is 26.7. The summed E-state index contributed by atoms with van der Waals surface area (Å²) >= 11 is 0. The largest absolute Gasteiger partial charge is 0.493 e. The van der Waals surface area contributed by atoms with E-state index in [9.17, 15) is 14.7 Å². The van der Waals surface area contributed by atoms with Gasteiger partial charge in [-0.1, -0.05) is 19.9 Å².